The second-order valence-corrected chi connectivity index (χ2v) is 8.07. The van der Waals surface area contributed by atoms with Crippen LogP contribution in [0.4, 0.5) is 0 Å². The van der Waals surface area contributed by atoms with E-state index in [-0.39, 0.29) is 0 Å². The quantitative estimate of drug-likeness (QED) is 0.672. The summed E-state index contributed by atoms with van der Waals surface area (Å²) in [7, 11) is 0. The SMILES string of the molecule is [c]1cccc(-c2cccc(C34CC5CC(CC(C5)C3)C4)c2)c1. The smallest absolute Gasteiger partial charge is 0.00388 e. The van der Waals surface area contributed by atoms with Crippen LogP contribution >= 0.6 is 0 Å². The molecule has 4 saturated carbocycles. The first-order valence-corrected chi connectivity index (χ1v) is 8.88. The summed E-state index contributed by atoms with van der Waals surface area (Å²) < 4.78 is 0. The monoisotopic (exact) mass is 287 g/mol. The van der Waals surface area contributed by atoms with Gasteiger partial charge in [-0.3, -0.25) is 0 Å². The lowest BCUT2D eigenvalue weighted by Gasteiger charge is -2.57. The fourth-order valence-electron chi connectivity index (χ4n) is 6.07. The minimum Gasteiger partial charge on any atom is -0.0614 e. The van der Waals surface area contributed by atoms with E-state index in [1.165, 1.54) is 49.7 Å². The molecule has 1 radical (unpaired) electrons. The fraction of sp³-hybridized carbons (Fsp3) is 0.455. The van der Waals surface area contributed by atoms with E-state index in [2.05, 4.69) is 48.5 Å². The van der Waals surface area contributed by atoms with Gasteiger partial charge in [0.25, 0.3) is 0 Å². The van der Waals surface area contributed by atoms with Gasteiger partial charge in [0.2, 0.25) is 0 Å². The molecule has 4 fully saturated rings. The van der Waals surface area contributed by atoms with E-state index in [0.717, 1.165) is 17.8 Å². The van der Waals surface area contributed by atoms with Crippen LogP contribution in [0.15, 0.2) is 48.5 Å². The maximum atomic E-state index is 3.21. The lowest BCUT2D eigenvalue weighted by Crippen LogP contribution is -2.48. The zero-order chi connectivity index (χ0) is 14.6. The van der Waals surface area contributed by atoms with Crippen molar-refractivity contribution in [2.75, 3.05) is 0 Å². The molecule has 4 bridgehead atoms. The highest BCUT2D eigenvalue weighted by molar-refractivity contribution is 5.64. The lowest BCUT2D eigenvalue weighted by molar-refractivity contribution is -0.00516. The average Bonchev–Trinajstić information content (AvgIpc) is 2.55. The largest absolute Gasteiger partial charge is 0.0614 e. The zero-order valence-electron chi connectivity index (χ0n) is 13.1. The Balaban J connectivity index is 1.56. The summed E-state index contributed by atoms with van der Waals surface area (Å²) in [5, 5.41) is 0. The zero-order valence-corrected chi connectivity index (χ0v) is 13.1. The fourth-order valence-corrected chi connectivity index (χ4v) is 6.07. The van der Waals surface area contributed by atoms with Gasteiger partial charge in [-0.15, -0.1) is 0 Å². The highest BCUT2D eigenvalue weighted by Crippen LogP contribution is 2.60. The van der Waals surface area contributed by atoms with Crippen LogP contribution in [0.2, 0.25) is 0 Å². The van der Waals surface area contributed by atoms with Gasteiger partial charge in [0.05, 0.1) is 0 Å². The first kappa shape index (κ1) is 12.9. The van der Waals surface area contributed by atoms with Gasteiger partial charge in [-0.05, 0) is 90.5 Å². The van der Waals surface area contributed by atoms with Crippen LogP contribution in [0.1, 0.15) is 44.1 Å². The minimum atomic E-state index is 0.503. The highest BCUT2D eigenvalue weighted by Gasteiger charge is 2.51. The molecule has 4 aliphatic carbocycles. The molecule has 0 aromatic heterocycles. The van der Waals surface area contributed by atoms with Crippen molar-refractivity contribution in [2.45, 2.75) is 43.9 Å². The summed E-state index contributed by atoms with van der Waals surface area (Å²) in [5.41, 5.74) is 4.79. The van der Waals surface area contributed by atoms with E-state index >= 15 is 0 Å². The van der Waals surface area contributed by atoms with Crippen LogP contribution < -0.4 is 0 Å². The molecule has 0 saturated heterocycles. The Morgan fingerprint density at radius 2 is 1.50 bits per heavy atom. The summed E-state index contributed by atoms with van der Waals surface area (Å²) in [6, 6.07) is 21.0. The van der Waals surface area contributed by atoms with Gasteiger partial charge < -0.3 is 0 Å². The topological polar surface area (TPSA) is 0 Å². The standard InChI is InChI=1S/C22H23/c1-2-5-19(6-3-1)20-7-4-8-21(12-20)22-13-16-9-17(14-22)11-18(10-16)15-22/h1-2,4-8,12,16-18H,9-11,13-15H2. The lowest BCUT2D eigenvalue weighted by atomic mass is 9.48. The molecule has 0 heterocycles. The van der Waals surface area contributed by atoms with Crippen molar-refractivity contribution in [3.63, 3.8) is 0 Å². The molecule has 2 aromatic rings. The molecule has 0 spiro atoms. The molecule has 2 aromatic carbocycles. The first-order valence-electron chi connectivity index (χ1n) is 8.88. The van der Waals surface area contributed by atoms with Gasteiger partial charge in [-0.1, -0.05) is 42.5 Å². The third kappa shape index (κ3) is 1.96. The van der Waals surface area contributed by atoms with Crippen molar-refractivity contribution in [1.29, 1.82) is 0 Å². The maximum absolute atomic E-state index is 3.21. The average molecular weight is 287 g/mol. The van der Waals surface area contributed by atoms with Gasteiger partial charge >= 0.3 is 0 Å². The number of rotatable bonds is 2. The Morgan fingerprint density at radius 1 is 0.818 bits per heavy atom. The van der Waals surface area contributed by atoms with E-state index in [4.69, 9.17) is 0 Å². The third-order valence-corrected chi connectivity index (χ3v) is 6.55. The van der Waals surface area contributed by atoms with Crippen molar-refractivity contribution in [3.05, 3.63) is 60.2 Å². The summed E-state index contributed by atoms with van der Waals surface area (Å²) in [5.74, 6) is 3.04. The molecule has 111 valence electrons. The number of hydrogen-bond acceptors (Lipinski definition) is 0. The third-order valence-electron chi connectivity index (χ3n) is 6.55. The van der Waals surface area contributed by atoms with Crippen LogP contribution in [0.25, 0.3) is 11.1 Å². The Hall–Kier alpha value is -1.56. The number of benzene rings is 2. The molecule has 22 heavy (non-hydrogen) atoms. The molecular weight excluding hydrogens is 264 g/mol. The van der Waals surface area contributed by atoms with Crippen LogP contribution in [0, 0.1) is 23.8 Å². The molecular formula is C22H23. The molecule has 0 atom stereocenters. The molecule has 4 aliphatic rings. The van der Waals surface area contributed by atoms with Crippen LogP contribution in [0.5, 0.6) is 0 Å². The highest BCUT2D eigenvalue weighted by atomic mass is 14.6. The second-order valence-electron chi connectivity index (χ2n) is 8.07. The van der Waals surface area contributed by atoms with E-state index in [9.17, 15) is 0 Å². The van der Waals surface area contributed by atoms with Crippen LogP contribution in [0.3, 0.4) is 0 Å². The van der Waals surface area contributed by atoms with Crippen molar-refractivity contribution in [2.24, 2.45) is 17.8 Å². The van der Waals surface area contributed by atoms with Crippen molar-refractivity contribution >= 4 is 0 Å². The summed E-state index contributed by atoms with van der Waals surface area (Å²) in [6.45, 7) is 0. The van der Waals surface area contributed by atoms with Crippen LogP contribution in [-0.2, 0) is 5.41 Å². The Labute approximate surface area is 133 Å². The number of hydrogen-bond donors (Lipinski definition) is 0. The van der Waals surface area contributed by atoms with E-state index < -0.39 is 0 Å². The molecule has 0 unspecified atom stereocenters. The van der Waals surface area contributed by atoms with Crippen molar-refractivity contribution in [1.82, 2.24) is 0 Å². The van der Waals surface area contributed by atoms with Gasteiger partial charge in [0.15, 0.2) is 0 Å². The molecule has 0 heteroatoms. The van der Waals surface area contributed by atoms with Crippen molar-refractivity contribution in [3.8, 4) is 11.1 Å². The molecule has 0 amide bonds. The molecule has 0 aliphatic heterocycles. The van der Waals surface area contributed by atoms with Crippen molar-refractivity contribution < 1.29 is 0 Å². The Bertz CT molecular complexity index is 647. The minimum absolute atomic E-state index is 0.503. The van der Waals surface area contributed by atoms with Gasteiger partial charge in [-0.2, -0.15) is 0 Å². The van der Waals surface area contributed by atoms with Gasteiger partial charge in [0, 0.05) is 0 Å². The summed E-state index contributed by atoms with van der Waals surface area (Å²) in [4.78, 5) is 0. The normalized spacial score (nSPS) is 35.7. The Morgan fingerprint density at radius 3 is 2.14 bits per heavy atom. The predicted octanol–water partition coefficient (Wildman–Crippen LogP) is 5.62. The first-order chi connectivity index (χ1) is 10.8. The second kappa shape index (κ2) is 4.72. The predicted molar refractivity (Wildman–Crippen MR) is 90.6 cm³/mol. The van der Waals surface area contributed by atoms with Crippen LogP contribution in [-0.4, -0.2) is 0 Å². The van der Waals surface area contributed by atoms with E-state index in [1.54, 1.807) is 5.56 Å². The van der Waals surface area contributed by atoms with Gasteiger partial charge in [-0.25, -0.2) is 0 Å². The van der Waals surface area contributed by atoms with Gasteiger partial charge in [0.1, 0.15) is 0 Å². The van der Waals surface area contributed by atoms with E-state index in [0.29, 0.717) is 5.41 Å². The molecule has 0 N–H and O–H groups in total. The summed E-state index contributed by atoms with van der Waals surface area (Å²) >= 11 is 0. The van der Waals surface area contributed by atoms with E-state index in [1.807, 2.05) is 6.07 Å². The molecule has 6 rings (SSSR count). The molecule has 0 nitrogen and oxygen atoms in total. The Kier molecular flexibility index (Phi) is 2.77. The maximum Gasteiger partial charge on any atom is -0.00388 e. The summed E-state index contributed by atoms with van der Waals surface area (Å²) in [6.07, 6.45) is 8.90.